The molecule has 2 unspecified atom stereocenters. The minimum atomic E-state index is -0.859. The van der Waals surface area contributed by atoms with Crippen molar-refractivity contribution in [1.29, 1.82) is 0 Å². The number of aliphatic carboxylic acids is 1. The summed E-state index contributed by atoms with van der Waals surface area (Å²) in [5, 5.41) is 11.5. The van der Waals surface area contributed by atoms with E-state index in [1.165, 1.54) is 5.55 Å². The van der Waals surface area contributed by atoms with Gasteiger partial charge in [0.05, 0.1) is 17.6 Å². The van der Waals surface area contributed by atoms with Crippen molar-refractivity contribution in [1.82, 2.24) is 4.90 Å². The number of carbonyl (C=O) groups is 1. The molecule has 2 aliphatic rings. The van der Waals surface area contributed by atoms with Gasteiger partial charge in [0.15, 0.2) is 5.23 Å². The lowest BCUT2D eigenvalue weighted by Gasteiger charge is -2.22. The molecule has 2 heterocycles. The SMILES string of the molecule is O=C=S1C=NC=C1N1CSCC1C(=O)O. The topological polar surface area (TPSA) is 70.0 Å². The lowest BCUT2D eigenvalue weighted by atomic mass is 10.3. The third-order valence-corrected chi connectivity index (χ3v) is 4.43. The molecule has 1 saturated heterocycles. The van der Waals surface area contributed by atoms with Crippen LogP contribution in [0.3, 0.4) is 0 Å². The van der Waals surface area contributed by atoms with Crippen LogP contribution in [0.2, 0.25) is 0 Å². The van der Waals surface area contributed by atoms with E-state index in [0.717, 1.165) is 0 Å². The van der Waals surface area contributed by atoms with Crippen LogP contribution in [-0.2, 0) is 9.59 Å². The van der Waals surface area contributed by atoms with Crippen LogP contribution >= 0.6 is 22.2 Å². The molecule has 15 heavy (non-hydrogen) atoms. The molecule has 0 aliphatic carbocycles. The molecule has 5 nitrogen and oxygen atoms in total. The first-order valence-corrected chi connectivity index (χ1v) is 6.60. The predicted molar refractivity (Wildman–Crippen MR) is 60.4 cm³/mol. The molecule has 2 aliphatic heterocycles. The summed E-state index contributed by atoms with van der Waals surface area (Å²) in [5.41, 5.74) is 1.50. The van der Waals surface area contributed by atoms with Crippen LogP contribution in [0, 0.1) is 0 Å². The molecule has 1 fully saturated rings. The second-order valence-electron chi connectivity index (χ2n) is 2.97. The Balaban J connectivity index is 2.25. The van der Waals surface area contributed by atoms with Crippen LogP contribution in [0.4, 0.5) is 0 Å². The zero-order chi connectivity index (χ0) is 10.8. The third-order valence-electron chi connectivity index (χ3n) is 2.12. The molecule has 2 atom stereocenters. The van der Waals surface area contributed by atoms with Gasteiger partial charge in [-0.3, -0.25) is 4.99 Å². The fraction of sp³-hybridized carbons (Fsp3) is 0.375. The average molecular weight is 244 g/mol. The Kier molecular flexibility index (Phi) is 2.95. The van der Waals surface area contributed by atoms with Gasteiger partial charge in [-0.25, -0.2) is 9.59 Å². The monoisotopic (exact) mass is 244 g/mol. The normalized spacial score (nSPS) is 29.1. The number of aliphatic imine (C=N–C) groups is 1. The van der Waals surface area contributed by atoms with Crippen molar-refractivity contribution in [3.63, 3.8) is 0 Å². The maximum absolute atomic E-state index is 10.9. The van der Waals surface area contributed by atoms with E-state index in [2.05, 4.69) is 4.99 Å². The molecule has 1 N–H and O–H groups in total. The van der Waals surface area contributed by atoms with E-state index < -0.39 is 22.5 Å². The summed E-state index contributed by atoms with van der Waals surface area (Å²) in [5.74, 6) is 0.280. The fourth-order valence-corrected chi connectivity index (χ4v) is 3.68. The molecule has 7 heteroatoms. The van der Waals surface area contributed by atoms with Crippen LogP contribution in [0.1, 0.15) is 0 Å². The van der Waals surface area contributed by atoms with E-state index in [1.54, 1.807) is 22.9 Å². The second-order valence-corrected chi connectivity index (χ2v) is 5.44. The van der Waals surface area contributed by atoms with Crippen molar-refractivity contribution in [2.24, 2.45) is 4.99 Å². The highest BCUT2D eigenvalue weighted by atomic mass is 32.2. The van der Waals surface area contributed by atoms with Gasteiger partial charge in [0.25, 0.3) is 0 Å². The molecule has 0 spiro atoms. The van der Waals surface area contributed by atoms with Crippen molar-refractivity contribution in [3.05, 3.63) is 11.2 Å². The first-order valence-electron chi connectivity index (χ1n) is 4.15. The minimum Gasteiger partial charge on any atom is -0.480 e. The number of rotatable bonds is 2. The van der Waals surface area contributed by atoms with Gasteiger partial charge in [0.1, 0.15) is 11.1 Å². The second kappa shape index (κ2) is 4.22. The molecule has 0 saturated carbocycles. The summed E-state index contributed by atoms with van der Waals surface area (Å²) in [7, 11) is -0.786. The number of hydrogen-bond acceptors (Lipinski definition) is 5. The highest BCUT2D eigenvalue weighted by molar-refractivity contribution is 8.29. The molecule has 0 aromatic heterocycles. The zero-order valence-electron chi connectivity index (χ0n) is 7.62. The summed E-state index contributed by atoms with van der Waals surface area (Å²) in [4.78, 5) is 27.2. The van der Waals surface area contributed by atoms with Gasteiger partial charge in [-0.1, -0.05) is 0 Å². The van der Waals surface area contributed by atoms with Crippen molar-refractivity contribution in [3.8, 4) is 0 Å². The van der Waals surface area contributed by atoms with Crippen LogP contribution in [0.25, 0.3) is 0 Å². The summed E-state index contributed by atoms with van der Waals surface area (Å²) in [6, 6.07) is -0.550. The first-order chi connectivity index (χ1) is 7.24. The van der Waals surface area contributed by atoms with Crippen molar-refractivity contribution in [2.45, 2.75) is 6.04 Å². The maximum atomic E-state index is 10.9. The molecular weight excluding hydrogens is 236 g/mol. The van der Waals surface area contributed by atoms with Crippen LogP contribution in [0.15, 0.2) is 16.2 Å². The van der Waals surface area contributed by atoms with Gasteiger partial charge in [0, 0.05) is 5.75 Å². The number of nitrogens with zero attached hydrogens (tertiary/aromatic N) is 2. The number of carbonyl (C=O) groups excluding carboxylic acids is 1. The Labute approximate surface area is 92.8 Å². The molecular formula is C8H8N2O3S2. The number of thioether (sulfide) groups is 1. The Morgan fingerprint density at radius 2 is 2.60 bits per heavy atom. The van der Waals surface area contributed by atoms with Gasteiger partial charge in [-0.2, -0.15) is 0 Å². The minimum absolute atomic E-state index is 0.544. The Bertz CT molecular complexity index is 412. The lowest BCUT2D eigenvalue weighted by molar-refractivity contribution is -0.140. The van der Waals surface area contributed by atoms with E-state index in [9.17, 15) is 9.59 Å². The maximum Gasteiger partial charge on any atom is 0.327 e. The van der Waals surface area contributed by atoms with Gasteiger partial charge in [-0.05, 0) is 10.5 Å². The molecule has 0 amide bonds. The van der Waals surface area contributed by atoms with Crippen molar-refractivity contribution < 1.29 is 14.7 Å². The quantitative estimate of drug-likeness (QED) is 0.721. The van der Waals surface area contributed by atoms with Gasteiger partial charge in [0.2, 0.25) is 0 Å². The van der Waals surface area contributed by atoms with E-state index >= 15 is 0 Å². The smallest absolute Gasteiger partial charge is 0.327 e. The Morgan fingerprint density at radius 3 is 3.27 bits per heavy atom. The van der Waals surface area contributed by atoms with E-state index in [1.807, 2.05) is 5.23 Å². The highest BCUT2D eigenvalue weighted by Gasteiger charge is 2.34. The third kappa shape index (κ3) is 1.86. The van der Waals surface area contributed by atoms with Gasteiger partial charge < -0.3 is 10.0 Å². The van der Waals surface area contributed by atoms with Crippen LogP contribution in [0.5, 0.6) is 0 Å². The molecule has 2 rings (SSSR count). The summed E-state index contributed by atoms with van der Waals surface area (Å²) < 4.78 is 0. The van der Waals surface area contributed by atoms with Crippen molar-refractivity contribution >= 4 is 39.0 Å². The number of carboxylic acids is 1. The lowest BCUT2D eigenvalue weighted by Crippen LogP contribution is -2.36. The predicted octanol–water partition coefficient (Wildman–Crippen LogP) is 0.623. The number of carboxylic acid groups (broad SMARTS) is 1. The first kappa shape index (κ1) is 10.5. The Morgan fingerprint density at radius 1 is 1.80 bits per heavy atom. The number of hydrogen-bond donors (Lipinski definition) is 1. The molecule has 0 radical (unpaired) electrons. The molecule has 0 aromatic rings. The van der Waals surface area contributed by atoms with Crippen LogP contribution < -0.4 is 0 Å². The zero-order valence-corrected chi connectivity index (χ0v) is 9.25. The molecule has 0 bridgehead atoms. The molecule has 80 valence electrons. The van der Waals surface area contributed by atoms with E-state index in [4.69, 9.17) is 5.11 Å². The highest BCUT2D eigenvalue weighted by Crippen LogP contribution is 2.35. The van der Waals surface area contributed by atoms with Crippen LogP contribution in [-0.4, -0.2) is 44.4 Å². The van der Waals surface area contributed by atoms with E-state index in [-0.39, 0.29) is 0 Å². The summed E-state index contributed by atoms with van der Waals surface area (Å²) >= 11 is 1.54. The fourth-order valence-electron chi connectivity index (χ4n) is 1.39. The van der Waals surface area contributed by atoms with Gasteiger partial charge >= 0.3 is 5.97 Å². The Hall–Kier alpha value is -1.04. The largest absolute Gasteiger partial charge is 0.480 e. The van der Waals surface area contributed by atoms with Crippen molar-refractivity contribution in [2.75, 3.05) is 11.6 Å². The average Bonchev–Trinajstić information content (AvgIpc) is 2.85. The van der Waals surface area contributed by atoms with Gasteiger partial charge in [-0.15, -0.1) is 11.8 Å². The van der Waals surface area contributed by atoms with E-state index in [0.29, 0.717) is 16.7 Å². The summed E-state index contributed by atoms with van der Waals surface area (Å²) in [6.07, 6.45) is 1.55. The summed E-state index contributed by atoms with van der Waals surface area (Å²) in [6.45, 7) is 0. The molecule has 0 aromatic carbocycles. The standard InChI is InChI=1S/C8H8N2O3S2/c11-5-15-3-9-1-7(15)10-4-14-2-6(10)8(12)13/h1,3,6H,2,4H2,(H,12,13).